The van der Waals surface area contributed by atoms with E-state index in [-0.39, 0.29) is 5.97 Å². The van der Waals surface area contributed by atoms with Crippen molar-refractivity contribution >= 4 is 17.6 Å². The van der Waals surface area contributed by atoms with E-state index in [9.17, 15) is 4.79 Å². The number of alkyl halides is 1. The van der Waals surface area contributed by atoms with Crippen molar-refractivity contribution in [3.05, 3.63) is 0 Å². The lowest BCUT2D eigenvalue weighted by Gasteiger charge is -2.07. The Balaban J connectivity index is 3.27. The third-order valence-electron chi connectivity index (χ3n) is 1.86. The first kappa shape index (κ1) is 12.8. The second-order valence-electron chi connectivity index (χ2n) is 3.10. The van der Waals surface area contributed by atoms with Gasteiger partial charge in [0.1, 0.15) is 5.38 Å². The molecule has 0 N–H and O–H groups in total. The number of esters is 1. The highest BCUT2D eigenvalue weighted by Gasteiger charge is 2.13. The molecule has 0 radical (unpaired) electrons. The highest BCUT2D eigenvalue weighted by atomic mass is 35.5. The molecule has 13 heavy (non-hydrogen) atoms. The van der Waals surface area contributed by atoms with Gasteiger partial charge in [-0.05, 0) is 12.8 Å². The Morgan fingerprint density at radius 2 is 2.00 bits per heavy atom. The van der Waals surface area contributed by atoms with Crippen LogP contribution in [0.15, 0.2) is 0 Å². The number of carbonyl (C=O) groups is 1. The molecular weight excluding hydrogens is 188 g/mol. The summed E-state index contributed by atoms with van der Waals surface area (Å²) in [5, 5.41) is -0.467. The molecule has 0 aromatic heterocycles. The number of unbranched alkanes of at least 4 members (excludes halogenated alkanes) is 3. The molecule has 3 heteroatoms. The van der Waals surface area contributed by atoms with E-state index in [1.54, 1.807) is 0 Å². The molecule has 0 bridgehead atoms. The highest BCUT2D eigenvalue weighted by molar-refractivity contribution is 6.29. The maximum Gasteiger partial charge on any atom is 0.324 e. The van der Waals surface area contributed by atoms with Crippen molar-refractivity contribution in [1.29, 1.82) is 0 Å². The summed E-state index contributed by atoms with van der Waals surface area (Å²) in [4.78, 5) is 11.1. The third kappa shape index (κ3) is 6.88. The Morgan fingerprint density at radius 3 is 2.54 bits per heavy atom. The second-order valence-corrected chi connectivity index (χ2v) is 3.63. The first-order valence-corrected chi connectivity index (χ1v) is 5.46. The largest absolute Gasteiger partial charge is 0.465 e. The average molecular weight is 207 g/mol. The monoisotopic (exact) mass is 206 g/mol. The summed E-state index contributed by atoms with van der Waals surface area (Å²) in [7, 11) is 0. The van der Waals surface area contributed by atoms with E-state index in [4.69, 9.17) is 16.3 Å². The first-order valence-electron chi connectivity index (χ1n) is 5.03. The second kappa shape index (κ2) is 8.36. The molecule has 0 aromatic rings. The van der Waals surface area contributed by atoms with Gasteiger partial charge in [0, 0.05) is 0 Å². The van der Waals surface area contributed by atoms with Crippen LogP contribution in [-0.2, 0) is 9.53 Å². The van der Waals surface area contributed by atoms with Crippen molar-refractivity contribution in [2.45, 2.75) is 51.3 Å². The van der Waals surface area contributed by atoms with Gasteiger partial charge in [-0.25, -0.2) is 0 Å². The quantitative estimate of drug-likeness (QED) is 0.364. The molecule has 0 aromatic carbocycles. The molecule has 1 atom stereocenters. The van der Waals surface area contributed by atoms with Crippen molar-refractivity contribution in [3.63, 3.8) is 0 Å². The molecule has 0 aliphatic rings. The fourth-order valence-corrected chi connectivity index (χ4v) is 1.02. The van der Waals surface area contributed by atoms with Crippen molar-refractivity contribution in [3.8, 4) is 0 Å². The van der Waals surface area contributed by atoms with Crippen LogP contribution < -0.4 is 0 Å². The van der Waals surface area contributed by atoms with E-state index < -0.39 is 5.38 Å². The molecule has 0 rings (SSSR count). The van der Waals surface area contributed by atoms with Crippen molar-refractivity contribution < 1.29 is 9.53 Å². The lowest BCUT2D eigenvalue weighted by atomic mass is 10.2. The Morgan fingerprint density at radius 1 is 1.31 bits per heavy atom. The summed E-state index contributed by atoms with van der Waals surface area (Å²) >= 11 is 5.68. The minimum absolute atomic E-state index is 0.277. The van der Waals surface area contributed by atoms with Crippen LogP contribution in [0.3, 0.4) is 0 Å². The summed E-state index contributed by atoms with van der Waals surface area (Å²) in [6, 6.07) is 0. The van der Waals surface area contributed by atoms with E-state index in [1.165, 1.54) is 12.8 Å². The molecule has 1 unspecified atom stereocenters. The molecule has 0 saturated carbocycles. The number of hydrogen-bond acceptors (Lipinski definition) is 2. The van der Waals surface area contributed by atoms with E-state index >= 15 is 0 Å². The van der Waals surface area contributed by atoms with E-state index in [2.05, 4.69) is 6.92 Å². The van der Waals surface area contributed by atoms with Crippen LogP contribution in [0.4, 0.5) is 0 Å². The minimum Gasteiger partial charge on any atom is -0.465 e. The molecular formula is C10H19ClO2. The Hall–Kier alpha value is -0.240. The maximum atomic E-state index is 11.1. The predicted molar refractivity (Wildman–Crippen MR) is 55.0 cm³/mol. The maximum absolute atomic E-state index is 11.1. The van der Waals surface area contributed by atoms with Gasteiger partial charge in [-0.15, -0.1) is 11.6 Å². The van der Waals surface area contributed by atoms with Crippen LogP contribution >= 0.6 is 11.6 Å². The molecule has 0 spiro atoms. The summed E-state index contributed by atoms with van der Waals surface area (Å²) < 4.78 is 4.97. The van der Waals surface area contributed by atoms with E-state index in [1.807, 2.05) is 6.92 Å². The van der Waals surface area contributed by atoms with Gasteiger partial charge in [0.25, 0.3) is 0 Å². The number of halogens is 1. The number of hydrogen-bond donors (Lipinski definition) is 0. The highest BCUT2D eigenvalue weighted by Crippen LogP contribution is 2.05. The molecule has 78 valence electrons. The van der Waals surface area contributed by atoms with Crippen LogP contribution in [0.1, 0.15) is 46.0 Å². The summed E-state index contributed by atoms with van der Waals surface area (Å²) in [6.07, 6.45) is 5.11. The van der Waals surface area contributed by atoms with Gasteiger partial charge in [-0.2, -0.15) is 0 Å². The van der Waals surface area contributed by atoms with Gasteiger partial charge in [0.15, 0.2) is 0 Å². The Kier molecular flexibility index (Phi) is 8.21. The van der Waals surface area contributed by atoms with E-state index in [0.29, 0.717) is 13.0 Å². The average Bonchev–Trinajstić information content (AvgIpc) is 2.16. The summed E-state index contributed by atoms with van der Waals surface area (Å²) in [6.45, 7) is 4.54. The molecule has 0 aliphatic heterocycles. The fraction of sp³-hybridized carbons (Fsp3) is 0.900. The number of rotatable bonds is 7. The normalized spacial score (nSPS) is 12.5. The lowest BCUT2D eigenvalue weighted by Crippen LogP contribution is -2.17. The van der Waals surface area contributed by atoms with Gasteiger partial charge in [0.2, 0.25) is 0 Å². The lowest BCUT2D eigenvalue weighted by molar-refractivity contribution is -0.143. The molecule has 0 aliphatic carbocycles. The standard InChI is InChI=1S/C10H19ClO2/c1-3-5-6-7-8-13-10(12)9(11)4-2/h9H,3-8H2,1-2H3. The van der Waals surface area contributed by atoms with Gasteiger partial charge >= 0.3 is 5.97 Å². The Labute approximate surface area is 85.6 Å². The smallest absolute Gasteiger partial charge is 0.324 e. The van der Waals surface area contributed by atoms with Crippen LogP contribution in [0.2, 0.25) is 0 Å². The van der Waals surface area contributed by atoms with Crippen molar-refractivity contribution in [2.24, 2.45) is 0 Å². The van der Waals surface area contributed by atoms with Crippen LogP contribution in [0.25, 0.3) is 0 Å². The predicted octanol–water partition coefficient (Wildman–Crippen LogP) is 3.13. The van der Waals surface area contributed by atoms with Crippen molar-refractivity contribution in [2.75, 3.05) is 6.61 Å². The van der Waals surface area contributed by atoms with Gasteiger partial charge in [-0.3, -0.25) is 4.79 Å². The zero-order valence-corrected chi connectivity index (χ0v) is 9.27. The van der Waals surface area contributed by atoms with Gasteiger partial charge < -0.3 is 4.74 Å². The zero-order chi connectivity index (χ0) is 10.1. The van der Waals surface area contributed by atoms with Gasteiger partial charge in [-0.1, -0.05) is 33.1 Å². The molecule has 0 saturated heterocycles. The Bertz CT molecular complexity index is 137. The zero-order valence-electron chi connectivity index (χ0n) is 8.51. The topological polar surface area (TPSA) is 26.3 Å². The van der Waals surface area contributed by atoms with Gasteiger partial charge in [0.05, 0.1) is 6.61 Å². The number of ether oxygens (including phenoxy) is 1. The third-order valence-corrected chi connectivity index (χ3v) is 2.34. The summed E-state index contributed by atoms with van der Waals surface area (Å²) in [5.41, 5.74) is 0. The number of carbonyl (C=O) groups excluding carboxylic acids is 1. The van der Waals surface area contributed by atoms with Crippen LogP contribution in [0, 0.1) is 0 Å². The fourth-order valence-electron chi connectivity index (χ4n) is 0.959. The first-order chi connectivity index (χ1) is 6.22. The molecule has 0 amide bonds. The molecule has 0 fully saturated rings. The van der Waals surface area contributed by atoms with E-state index in [0.717, 1.165) is 12.8 Å². The minimum atomic E-state index is -0.467. The van der Waals surface area contributed by atoms with Crippen molar-refractivity contribution in [1.82, 2.24) is 0 Å². The molecule has 0 heterocycles. The summed E-state index contributed by atoms with van der Waals surface area (Å²) in [5.74, 6) is -0.277. The van der Waals surface area contributed by atoms with Crippen LogP contribution in [0.5, 0.6) is 0 Å². The molecule has 2 nitrogen and oxygen atoms in total. The van der Waals surface area contributed by atoms with Crippen LogP contribution in [-0.4, -0.2) is 18.0 Å². The SMILES string of the molecule is CCCCCCOC(=O)C(Cl)CC.